The molecule has 0 fully saturated rings. The standard InChI is InChI=1S/C22H23FN4O2S/c1-16-4-2-3-5-19(16)27-13-12-26-22(27)30-15-21(29)25-11-10-24-20(28)14-17-6-8-18(23)9-7-17/h2-9,12-13H,10-11,14-15H2,1H3,(H,24,28)(H,25,29). The largest absolute Gasteiger partial charge is 0.354 e. The topological polar surface area (TPSA) is 76.0 Å². The Hall–Kier alpha value is -3.13. The minimum Gasteiger partial charge on any atom is -0.354 e. The van der Waals surface area contributed by atoms with E-state index in [1.54, 1.807) is 18.3 Å². The van der Waals surface area contributed by atoms with Gasteiger partial charge in [-0.15, -0.1) is 0 Å². The van der Waals surface area contributed by atoms with Gasteiger partial charge in [0, 0.05) is 25.5 Å². The van der Waals surface area contributed by atoms with Gasteiger partial charge in [-0.1, -0.05) is 42.1 Å². The van der Waals surface area contributed by atoms with Crippen LogP contribution in [0.25, 0.3) is 5.69 Å². The van der Waals surface area contributed by atoms with E-state index in [9.17, 15) is 14.0 Å². The quantitative estimate of drug-likeness (QED) is 0.408. The van der Waals surface area contributed by atoms with E-state index < -0.39 is 0 Å². The van der Waals surface area contributed by atoms with Crippen LogP contribution in [0.4, 0.5) is 4.39 Å². The first-order chi connectivity index (χ1) is 14.5. The molecule has 0 spiro atoms. The molecular weight excluding hydrogens is 403 g/mol. The fraction of sp³-hybridized carbons (Fsp3) is 0.227. The van der Waals surface area contributed by atoms with Crippen LogP contribution in [-0.4, -0.2) is 40.2 Å². The third-order valence-electron chi connectivity index (χ3n) is 4.36. The second kappa shape index (κ2) is 10.6. The van der Waals surface area contributed by atoms with Gasteiger partial charge in [-0.3, -0.25) is 14.2 Å². The molecule has 0 bridgehead atoms. The Morgan fingerprint density at radius 2 is 1.73 bits per heavy atom. The minimum atomic E-state index is -0.332. The summed E-state index contributed by atoms with van der Waals surface area (Å²) in [5.41, 5.74) is 2.89. The second-order valence-corrected chi connectivity index (χ2v) is 7.60. The van der Waals surface area contributed by atoms with Crippen molar-refractivity contribution in [1.29, 1.82) is 0 Å². The number of thioether (sulfide) groups is 1. The normalized spacial score (nSPS) is 10.6. The minimum absolute atomic E-state index is 0.132. The molecule has 30 heavy (non-hydrogen) atoms. The predicted molar refractivity (Wildman–Crippen MR) is 115 cm³/mol. The van der Waals surface area contributed by atoms with Gasteiger partial charge in [-0.2, -0.15) is 0 Å². The second-order valence-electron chi connectivity index (χ2n) is 6.66. The number of carbonyl (C=O) groups excluding carboxylic acids is 2. The first-order valence-corrected chi connectivity index (χ1v) is 10.5. The number of halogens is 1. The molecule has 0 aliphatic carbocycles. The van der Waals surface area contributed by atoms with Crippen LogP contribution in [-0.2, 0) is 16.0 Å². The first-order valence-electron chi connectivity index (χ1n) is 9.53. The lowest BCUT2D eigenvalue weighted by molar-refractivity contribution is -0.121. The third kappa shape index (κ3) is 6.18. The number of aromatic nitrogens is 2. The zero-order valence-corrected chi connectivity index (χ0v) is 17.4. The summed E-state index contributed by atoms with van der Waals surface area (Å²) in [6.07, 6.45) is 3.76. The summed E-state index contributed by atoms with van der Waals surface area (Å²) in [6.45, 7) is 2.69. The molecule has 0 radical (unpaired) electrons. The van der Waals surface area contributed by atoms with Crippen molar-refractivity contribution < 1.29 is 14.0 Å². The van der Waals surface area contributed by atoms with Crippen molar-refractivity contribution in [3.8, 4) is 5.69 Å². The Kier molecular flexibility index (Phi) is 7.62. The zero-order chi connectivity index (χ0) is 21.3. The van der Waals surface area contributed by atoms with E-state index in [4.69, 9.17) is 0 Å². The summed E-state index contributed by atoms with van der Waals surface area (Å²) in [4.78, 5) is 28.3. The number of nitrogens with one attached hydrogen (secondary N) is 2. The molecule has 0 aliphatic heterocycles. The number of amides is 2. The van der Waals surface area contributed by atoms with Gasteiger partial charge in [0.1, 0.15) is 5.82 Å². The summed E-state index contributed by atoms with van der Waals surface area (Å²) in [7, 11) is 0. The molecule has 8 heteroatoms. The Morgan fingerprint density at radius 1 is 1.03 bits per heavy atom. The van der Waals surface area contributed by atoms with E-state index in [1.807, 2.05) is 42.0 Å². The van der Waals surface area contributed by atoms with Gasteiger partial charge in [0.2, 0.25) is 11.8 Å². The average Bonchev–Trinajstić information content (AvgIpc) is 3.20. The van der Waals surface area contributed by atoms with Crippen LogP contribution in [0.1, 0.15) is 11.1 Å². The lowest BCUT2D eigenvalue weighted by atomic mass is 10.1. The van der Waals surface area contributed by atoms with Crippen molar-refractivity contribution in [2.75, 3.05) is 18.8 Å². The summed E-state index contributed by atoms with van der Waals surface area (Å²) in [6, 6.07) is 13.8. The fourth-order valence-corrected chi connectivity index (χ4v) is 3.64. The maximum atomic E-state index is 12.9. The lowest BCUT2D eigenvalue weighted by Gasteiger charge is -2.10. The number of carbonyl (C=O) groups is 2. The number of hydrogen-bond donors (Lipinski definition) is 2. The van der Waals surface area contributed by atoms with E-state index in [2.05, 4.69) is 15.6 Å². The van der Waals surface area contributed by atoms with Crippen molar-refractivity contribution in [2.24, 2.45) is 0 Å². The van der Waals surface area contributed by atoms with E-state index in [1.165, 1.54) is 23.9 Å². The number of hydrogen-bond acceptors (Lipinski definition) is 4. The van der Waals surface area contributed by atoms with Gasteiger partial charge >= 0.3 is 0 Å². The lowest BCUT2D eigenvalue weighted by Crippen LogP contribution is -2.36. The van der Waals surface area contributed by atoms with Crippen LogP contribution in [0.3, 0.4) is 0 Å². The molecule has 0 aliphatic rings. The molecule has 2 aromatic carbocycles. The molecule has 0 saturated heterocycles. The van der Waals surface area contributed by atoms with Gasteiger partial charge in [-0.05, 0) is 36.2 Å². The number of para-hydroxylation sites is 1. The SMILES string of the molecule is Cc1ccccc1-n1ccnc1SCC(=O)NCCNC(=O)Cc1ccc(F)cc1. The Morgan fingerprint density at radius 3 is 2.47 bits per heavy atom. The summed E-state index contributed by atoms with van der Waals surface area (Å²) in [5, 5.41) is 6.26. The number of benzene rings is 2. The van der Waals surface area contributed by atoms with Crippen LogP contribution in [0.15, 0.2) is 66.1 Å². The smallest absolute Gasteiger partial charge is 0.230 e. The van der Waals surface area contributed by atoms with Gasteiger partial charge in [0.25, 0.3) is 0 Å². The third-order valence-corrected chi connectivity index (χ3v) is 5.33. The highest BCUT2D eigenvalue weighted by Gasteiger charge is 2.10. The average molecular weight is 427 g/mol. The van der Waals surface area contributed by atoms with Gasteiger partial charge in [-0.25, -0.2) is 9.37 Å². The van der Waals surface area contributed by atoms with Crippen LogP contribution in [0.2, 0.25) is 0 Å². The van der Waals surface area contributed by atoms with E-state index in [0.717, 1.165) is 22.0 Å². The molecule has 0 atom stereocenters. The molecule has 0 unspecified atom stereocenters. The van der Waals surface area contributed by atoms with Crippen LogP contribution >= 0.6 is 11.8 Å². The molecule has 1 aromatic heterocycles. The highest BCUT2D eigenvalue weighted by atomic mass is 32.2. The fourth-order valence-electron chi connectivity index (χ4n) is 2.85. The summed E-state index contributed by atoms with van der Waals surface area (Å²) in [5.74, 6) is -0.411. The molecule has 0 saturated carbocycles. The molecule has 6 nitrogen and oxygen atoms in total. The monoisotopic (exact) mass is 426 g/mol. The maximum absolute atomic E-state index is 12.9. The number of aryl methyl sites for hydroxylation is 1. The highest BCUT2D eigenvalue weighted by molar-refractivity contribution is 7.99. The maximum Gasteiger partial charge on any atom is 0.230 e. The van der Waals surface area contributed by atoms with Gasteiger partial charge in [0.15, 0.2) is 5.16 Å². The van der Waals surface area contributed by atoms with Gasteiger partial charge < -0.3 is 10.6 Å². The first kappa shape index (κ1) is 21.6. The molecule has 2 N–H and O–H groups in total. The van der Waals surface area contributed by atoms with Crippen LogP contribution in [0.5, 0.6) is 0 Å². The van der Waals surface area contributed by atoms with Crippen molar-refractivity contribution in [3.63, 3.8) is 0 Å². The number of rotatable bonds is 9. The molecule has 1 heterocycles. The molecule has 3 rings (SSSR count). The molecular formula is C22H23FN4O2S. The van der Waals surface area contributed by atoms with Crippen LogP contribution in [0, 0.1) is 12.7 Å². The highest BCUT2D eigenvalue weighted by Crippen LogP contribution is 2.22. The van der Waals surface area contributed by atoms with E-state index in [-0.39, 0.29) is 29.8 Å². The van der Waals surface area contributed by atoms with Crippen molar-refractivity contribution in [1.82, 2.24) is 20.2 Å². The Labute approximate surface area is 178 Å². The zero-order valence-electron chi connectivity index (χ0n) is 16.6. The summed E-state index contributed by atoms with van der Waals surface area (Å²) >= 11 is 1.35. The van der Waals surface area contributed by atoms with Crippen molar-refractivity contribution in [3.05, 3.63) is 77.9 Å². The number of nitrogens with zero attached hydrogens (tertiary/aromatic N) is 2. The van der Waals surface area contributed by atoms with Crippen molar-refractivity contribution in [2.45, 2.75) is 18.5 Å². The summed E-state index contributed by atoms with van der Waals surface area (Å²) < 4.78 is 14.8. The predicted octanol–water partition coefficient (Wildman–Crippen LogP) is 2.89. The Bertz CT molecular complexity index is 1000. The molecule has 3 aromatic rings. The van der Waals surface area contributed by atoms with E-state index in [0.29, 0.717) is 13.1 Å². The molecule has 2 amide bonds. The number of imidazole rings is 1. The van der Waals surface area contributed by atoms with E-state index >= 15 is 0 Å². The van der Waals surface area contributed by atoms with Gasteiger partial charge in [0.05, 0.1) is 17.9 Å². The molecule has 156 valence electrons. The Balaban J connectivity index is 1.38. The van der Waals surface area contributed by atoms with Crippen LogP contribution < -0.4 is 10.6 Å². The van der Waals surface area contributed by atoms with Crippen molar-refractivity contribution >= 4 is 23.6 Å².